The number of hydrogen-bond donors (Lipinski definition) is 2. The minimum absolute atomic E-state index is 0.0812. The van der Waals surface area contributed by atoms with Crippen LogP contribution in [-0.2, 0) is 16.0 Å². The lowest BCUT2D eigenvalue weighted by Gasteiger charge is -2.04. The van der Waals surface area contributed by atoms with E-state index in [1.54, 1.807) is 31.3 Å². The second-order valence-electron chi connectivity index (χ2n) is 4.30. The highest BCUT2D eigenvalue weighted by atomic mass is 35.5. The van der Waals surface area contributed by atoms with Gasteiger partial charge in [0.05, 0.1) is 17.9 Å². The van der Waals surface area contributed by atoms with Gasteiger partial charge in [-0.2, -0.15) is 0 Å². The van der Waals surface area contributed by atoms with Crippen molar-refractivity contribution >= 4 is 52.2 Å². The van der Waals surface area contributed by atoms with Gasteiger partial charge in [0.1, 0.15) is 0 Å². The van der Waals surface area contributed by atoms with E-state index in [4.69, 9.17) is 11.6 Å². The predicted octanol–water partition coefficient (Wildman–Crippen LogP) is 2.82. The molecule has 0 spiro atoms. The fraction of sp³-hybridized carbons (Fsp3) is 0.214. The smallest absolute Gasteiger partial charge is 0.234 e. The number of halogens is 1. The molecule has 0 radical (unpaired) electrons. The molecule has 0 saturated heterocycles. The molecule has 0 saturated carbocycles. The van der Waals surface area contributed by atoms with Crippen LogP contribution in [0.3, 0.4) is 0 Å². The number of thioether (sulfide) groups is 1. The van der Waals surface area contributed by atoms with Crippen LogP contribution in [0.1, 0.15) is 5.69 Å². The molecule has 0 fully saturated rings. The average Bonchev–Trinajstić information content (AvgIpc) is 2.95. The Morgan fingerprint density at radius 2 is 2.00 bits per heavy atom. The first-order valence-electron chi connectivity index (χ1n) is 6.40. The first kappa shape index (κ1) is 16.8. The van der Waals surface area contributed by atoms with E-state index in [1.807, 2.05) is 5.38 Å². The van der Waals surface area contributed by atoms with E-state index < -0.39 is 0 Å². The Bertz CT molecular complexity index is 658. The summed E-state index contributed by atoms with van der Waals surface area (Å²) in [6.45, 7) is 0. The third-order valence-electron chi connectivity index (χ3n) is 2.61. The molecule has 22 heavy (non-hydrogen) atoms. The van der Waals surface area contributed by atoms with Crippen molar-refractivity contribution in [2.45, 2.75) is 10.8 Å². The highest BCUT2D eigenvalue weighted by Crippen LogP contribution is 2.23. The molecule has 1 heterocycles. The normalized spacial score (nSPS) is 10.3. The van der Waals surface area contributed by atoms with E-state index in [0.717, 1.165) is 4.34 Å². The Kier molecular flexibility index (Phi) is 6.23. The second kappa shape index (κ2) is 8.17. The maximum absolute atomic E-state index is 11.8. The van der Waals surface area contributed by atoms with Crippen LogP contribution in [0.5, 0.6) is 0 Å². The maximum Gasteiger partial charge on any atom is 0.234 e. The summed E-state index contributed by atoms with van der Waals surface area (Å²) in [5, 5.41) is 7.78. The number of nitrogens with zero attached hydrogens (tertiary/aromatic N) is 1. The van der Waals surface area contributed by atoms with Gasteiger partial charge in [0.25, 0.3) is 0 Å². The highest BCUT2D eigenvalue weighted by Gasteiger charge is 2.09. The Balaban J connectivity index is 1.81. The van der Waals surface area contributed by atoms with Crippen molar-refractivity contribution in [3.05, 3.63) is 40.4 Å². The lowest BCUT2D eigenvalue weighted by Crippen LogP contribution is -2.20. The molecule has 2 rings (SSSR count). The average molecular weight is 356 g/mol. The first-order chi connectivity index (χ1) is 10.6. The molecule has 2 aromatic rings. The van der Waals surface area contributed by atoms with Gasteiger partial charge in [-0.05, 0) is 24.3 Å². The minimum atomic E-state index is -0.115. The number of thiazole rings is 1. The van der Waals surface area contributed by atoms with E-state index in [0.29, 0.717) is 16.4 Å². The summed E-state index contributed by atoms with van der Waals surface area (Å²) in [7, 11) is 1.59. The van der Waals surface area contributed by atoms with Crippen LogP contribution < -0.4 is 10.6 Å². The molecule has 0 unspecified atom stereocenters. The van der Waals surface area contributed by atoms with Gasteiger partial charge in [-0.1, -0.05) is 23.4 Å². The molecular weight excluding hydrogens is 342 g/mol. The second-order valence-corrected chi connectivity index (χ2v) is 6.82. The van der Waals surface area contributed by atoms with Gasteiger partial charge in [0.2, 0.25) is 11.8 Å². The number of nitrogens with one attached hydrogen (secondary N) is 2. The summed E-state index contributed by atoms with van der Waals surface area (Å²) in [6, 6.07) is 6.93. The Hall–Kier alpha value is -1.57. The molecule has 0 aliphatic carbocycles. The van der Waals surface area contributed by atoms with E-state index in [-0.39, 0.29) is 24.0 Å². The van der Waals surface area contributed by atoms with Crippen LogP contribution in [0.4, 0.5) is 5.69 Å². The molecule has 2 amide bonds. The number of hydrogen-bond acceptors (Lipinski definition) is 5. The predicted molar refractivity (Wildman–Crippen MR) is 90.7 cm³/mol. The monoisotopic (exact) mass is 355 g/mol. The third-order valence-corrected chi connectivity index (χ3v) is 4.93. The van der Waals surface area contributed by atoms with Gasteiger partial charge < -0.3 is 10.6 Å². The van der Waals surface area contributed by atoms with Crippen molar-refractivity contribution in [3.8, 4) is 0 Å². The number of carbonyl (C=O) groups excluding carboxylic acids is 2. The van der Waals surface area contributed by atoms with E-state index in [9.17, 15) is 9.59 Å². The quantitative estimate of drug-likeness (QED) is 0.782. The van der Waals surface area contributed by atoms with Crippen LogP contribution in [0, 0.1) is 0 Å². The number of likely N-dealkylation sites (N-methyl/N-ethyl adjacent to an activating group) is 1. The Labute approximate surface area is 141 Å². The molecule has 1 aromatic heterocycles. The molecule has 0 atom stereocenters. The number of benzene rings is 1. The Morgan fingerprint density at radius 3 is 2.68 bits per heavy atom. The van der Waals surface area contributed by atoms with Crippen molar-refractivity contribution in [2.75, 3.05) is 18.1 Å². The summed E-state index contributed by atoms with van der Waals surface area (Å²) in [5.41, 5.74) is 1.42. The number of rotatable bonds is 6. The van der Waals surface area contributed by atoms with Gasteiger partial charge in [0, 0.05) is 23.1 Å². The van der Waals surface area contributed by atoms with Crippen LogP contribution in [0.25, 0.3) is 0 Å². The zero-order valence-electron chi connectivity index (χ0n) is 11.8. The molecule has 2 N–H and O–H groups in total. The molecule has 5 nitrogen and oxygen atoms in total. The van der Waals surface area contributed by atoms with E-state index in [2.05, 4.69) is 15.6 Å². The number of anilines is 1. The molecule has 1 aromatic carbocycles. The lowest BCUT2D eigenvalue weighted by atomic mass is 10.3. The molecular formula is C14H14ClN3O2S2. The van der Waals surface area contributed by atoms with Crippen molar-refractivity contribution in [3.63, 3.8) is 0 Å². The van der Waals surface area contributed by atoms with Gasteiger partial charge in [0.15, 0.2) is 4.34 Å². The SMILES string of the molecule is CNC(=O)Cc1csc(SCC(=O)Nc2ccc(Cl)cc2)n1. The van der Waals surface area contributed by atoms with Gasteiger partial charge in [-0.15, -0.1) is 11.3 Å². The van der Waals surface area contributed by atoms with Crippen LogP contribution >= 0.6 is 34.7 Å². The van der Waals surface area contributed by atoms with Crippen molar-refractivity contribution in [2.24, 2.45) is 0 Å². The van der Waals surface area contributed by atoms with E-state index in [1.165, 1.54) is 23.1 Å². The maximum atomic E-state index is 11.8. The Morgan fingerprint density at radius 1 is 1.27 bits per heavy atom. The minimum Gasteiger partial charge on any atom is -0.359 e. The zero-order valence-corrected chi connectivity index (χ0v) is 14.1. The zero-order chi connectivity index (χ0) is 15.9. The summed E-state index contributed by atoms with van der Waals surface area (Å²) in [4.78, 5) is 27.4. The standard InChI is InChI=1S/C14H14ClN3O2S2/c1-16-12(19)6-11-7-21-14(18-11)22-8-13(20)17-10-4-2-9(15)3-5-10/h2-5,7H,6,8H2,1H3,(H,16,19)(H,17,20). The first-order valence-corrected chi connectivity index (χ1v) is 8.64. The molecule has 116 valence electrons. The van der Waals surface area contributed by atoms with Gasteiger partial charge in [-0.25, -0.2) is 4.98 Å². The van der Waals surface area contributed by atoms with Crippen molar-refractivity contribution < 1.29 is 9.59 Å². The van der Waals surface area contributed by atoms with E-state index >= 15 is 0 Å². The number of amides is 2. The van der Waals surface area contributed by atoms with Crippen LogP contribution in [0.2, 0.25) is 5.02 Å². The summed E-state index contributed by atoms with van der Waals surface area (Å²) in [5.74, 6) is 0.0629. The molecule has 8 heteroatoms. The van der Waals surface area contributed by atoms with Gasteiger partial charge >= 0.3 is 0 Å². The van der Waals surface area contributed by atoms with Crippen LogP contribution in [0.15, 0.2) is 34.0 Å². The third kappa shape index (κ3) is 5.32. The van der Waals surface area contributed by atoms with Crippen molar-refractivity contribution in [1.82, 2.24) is 10.3 Å². The number of aromatic nitrogens is 1. The van der Waals surface area contributed by atoms with Crippen molar-refractivity contribution in [1.29, 1.82) is 0 Å². The molecule has 0 aliphatic heterocycles. The summed E-state index contributed by atoms with van der Waals surface area (Å²) >= 11 is 8.56. The molecule has 0 bridgehead atoms. The summed E-state index contributed by atoms with van der Waals surface area (Å²) in [6.07, 6.45) is 0.254. The number of carbonyl (C=O) groups is 2. The molecule has 0 aliphatic rings. The fourth-order valence-corrected chi connectivity index (χ4v) is 3.32. The summed E-state index contributed by atoms with van der Waals surface area (Å²) < 4.78 is 0.769. The van der Waals surface area contributed by atoms with Gasteiger partial charge in [-0.3, -0.25) is 9.59 Å². The topological polar surface area (TPSA) is 71.1 Å². The fourth-order valence-electron chi connectivity index (χ4n) is 1.55. The largest absolute Gasteiger partial charge is 0.359 e. The highest BCUT2D eigenvalue weighted by molar-refractivity contribution is 8.01. The lowest BCUT2D eigenvalue weighted by molar-refractivity contribution is -0.120. The van der Waals surface area contributed by atoms with Crippen LogP contribution in [-0.4, -0.2) is 29.6 Å².